The maximum Gasteiger partial charge on any atom is 0.434 e. The molecule has 2 aliphatic rings. The van der Waals surface area contributed by atoms with Gasteiger partial charge in [-0.25, -0.2) is 14.5 Å². The van der Waals surface area contributed by atoms with Crippen LogP contribution in [0.4, 0.5) is 26.3 Å². The third kappa shape index (κ3) is 7.25. The third-order valence-corrected chi connectivity index (χ3v) is 8.17. The van der Waals surface area contributed by atoms with Gasteiger partial charge in [0.1, 0.15) is 17.9 Å². The van der Waals surface area contributed by atoms with E-state index in [9.17, 15) is 36.2 Å². The predicted molar refractivity (Wildman–Crippen MR) is 150 cm³/mol. The summed E-state index contributed by atoms with van der Waals surface area (Å²) in [6.07, 6.45) is -3.99. The number of carboxylic acid groups (broad SMARTS) is 1. The Kier molecular flexibility index (Phi) is 9.05. The van der Waals surface area contributed by atoms with E-state index in [1.807, 2.05) is 25.1 Å². The second-order valence-electron chi connectivity index (χ2n) is 11.3. The van der Waals surface area contributed by atoms with Gasteiger partial charge in [0.2, 0.25) is 0 Å². The first-order chi connectivity index (χ1) is 20.8. The van der Waals surface area contributed by atoms with Crippen molar-refractivity contribution >= 4 is 11.5 Å². The molecule has 0 saturated carbocycles. The first-order valence-corrected chi connectivity index (χ1v) is 14.4. The first-order valence-electron chi connectivity index (χ1n) is 14.4. The summed E-state index contributed by atoms with van der Waals surface area (Å²) in [6.45, 7) is 2.09. The molecule has 0 spiro atoms. The zero-order valence-corrected chi connectivity index (χ0v) is 24.0. The SMILES string of the molecule is Cc1cc(C2CCN(CC(F)(F)F)CC2)ccc1OCC1=C(c2cccc(-n3ncc(C(=O)O)c3C(F)(F)F)n2)CCCC1. The second-order valence-corrected chi connectivity index (χ2v) is 11.3. The van der Waals surface area contributed by atoms with Gasteiger partial charge in [-0.2, -0.15) is 31.4 Å². The normalized spacial score (nSPS) is 17.2. The van der Waals surface area contributed by atoms with Crippen molar-refractivity contribution in [1.82, 2.24) is 19.7 Å². The summed E-state index contributed by atoms with van der Waals surface area (Å²) < 4.78 is 86.3. The lowest BCUT2D eigenvalue weighted by Crippen LogP contribution is -2.39. The number of ether oxygens (including phenoxy) is 1. The van der Waals surface area contributed by atoms with Crippen LogP contribution in [-0.2, 0) is 6.18 Å². The van der Waals surface area contributed by atoms with Gasteiger partial charge in [-0.1, -0.05) is 18.2 Å². The van der Waals surface area contributed by atoms with E-state index >= 15 is 0 Å². The van der Waals surface area contributed by atoms with E-state index in [1.54, 1.807) is 12.1 Å². The molecular weight excluding hydrogens is 590 g/mol. The molecule has 1 fully saturated rings. The van der Waals surface area contributed by atoms with Crippen molar-refractivity contribution in [3.05, 3.63) is 76.2 Å². The van der Waals surface area contributed by atoms with Crippen LogP contribution in [0, 0.1) is 6.92 Å². The zero-order valence-electron chi connectivity index (χ0n) is 24.0. The van der Waals surface area contributed by atoms with Gasteiger partial charge in [-0.15, -0.1) is 0 Å². The molecular formula is C31H32F6N4O3. The van der Waals surface area contributed by atoms with E-state index in [0.29, 0.717) is 54.7 Å². The molecule has 7 nitrogen and oxygen atoms in total. The fourth-order valence-electron chi connectivity index (χ4n) is 6.03. The number of alkyl halides is 6. The quantitative estimate of drug-likeness (QED) is 0.263. The number of piperidine rings is 1. The molecule has 0 atom stereocenters. The van der Waals surface area contributed by atoms with Gasteiger partial charge in [0.05, 0.1) is 18.4 Å². The van der Waals surface area contributed by atoms with Gasteiger partial charge in [0, 0.05) is 0 Å². The lowest BCUT2D eigenvalue weighted by Gasteiger charge is -2.32. The van der Waals surface area contributed by atoms with Crippen LogP contribution in [0.1, 0.15) is 77.3 Å². The summed E-state index contributed by atoms with van der Waals surface area (Å²) in [6, 6.07) is 10.5. The van der Waals surface area contributed by atoms with Crippen molar-refractivity contribution in [1.29, 1.82) is 0 Å². The van der Waals surface area contributed by atoms with Gasteiger partial charge < -0.3 is 9.84 Å². The standard InChI is InChI=1S/C31H32F6N4O3/c1-19-15-21(20-11-13-40(14-12-20)18-30(32,33)34)9-10-26(19)44-17-22-5-2-3-6-23(22)25-7-4-8-27(39-25)41-28(31(35,36)37)24(16-38-41)29(42)43/h4,7-10,15-16,20H,2-3,5-6,11-14,17-18H2,1H3,(H,42,43). The first kappa shape index (κ1) is 31.6. The highest BCUT2D eigenvalue weighted by Gasteiger charge is 2.41. The molecule has 0 amide bonds. The van der Waals surface area contributed by atoms with Gasteiger partial charge >= 0.3 is 18.3 Å². The van der Waals surface area contributed by atoms with Gasteiger partial charge in [-0.3, -0.25) is 4.90 Å². The minimum atomic E-state index is -4.96. The molecule has 1 N–H and O–H groups in total. The number of likely N-dealkylation sites (tertiary alicyclic amines) is 1. The second kappa shape index (κ2) is 12.6. The number of carboxylic acids is 1. The Balaban J connectivity index is 1.32. The molecule has 236 valence electrons. The van der Waals surface area contributed by atoms with Crippen LogP contribution in [0.2, 0.25) is 0 Å². The monoisotopic (exact) mass is 622 g/mol. The lowest BCUT2D eigenvalue weighted by atomic mass is 9.88. The summed E-state index contributed by atoms with van der Waals surface area (Å²) in [5, 5.41) is 12.9. The number of aromatic carboxylic acids is 1. The molecule has 3 heterocycles. The van der Waals surface area contributed by atoms with Crippen molar-refractivity contribution in [3.8, 4) is 11.6 Å². The van der Waals surface area contributed by atoms with Crippen molar-refractivity contribution in [2.24, 2.45) is 0 Å². The highest BCUT2D eigenvalue weighted by molar-refractivity contribution is 5.89. The number of aryl methyl sites for hydroxylation is 1. The summed E-state index contributed by atoms with van der Waals surface area (Å²) in [4.78, 5) is 17.3. The number of aromatic nitrogens is 3. The molecule has 0 bridgehead atoms. The topological polar surface area (TPSA) is 80.5 Å². The number of pyridine rings is 1. The van der Waals surface area contributed by atoms with E-state index < -0.39 is 36.1 Å². The van der Waals surface area contributed by atoms with Crippen LogP contribution in [-0.4, -0.2) is 63.2 Å². The average molecular weight is 623 g/mol. The van der Waals surface area contributed by atoms with Crippen LogP contribution in [0.5, 0.6) is 5.75 Å². The van der Waals surface area contributed by atoms with Crippen molar-refractivity contribution in [3.63, 3.8) is 0 Å². The van der Waals surface area contributed by atoms with Crippen LogP contribution in [0.15, 0.2) is 48.2 Å². The molecule has 1 aliphatic heterocycles. The number of halogens is 6. The number of allylic oxidation sites excluding steroid dienone is 1. The summed E-state index contributed by atoms with van der Waals surface area (Å²) in [5.74, 6) is -1.02. The van der Waals surface area contributed by atoms with E-state index in [-0.39, 0.29) is 18.3 Å². The fraction of sp³-hybridized carbons (Fsp3) is 0.452. The number of rotatable bonds is 8. The number of hydrogen-bond acceptors (Lipinski definition) is 5. The molecule has 1 saturated heterocycles. The maximum absolute atomic E-state index is 13.8. The van der Waals surface area contributed by atoms with Crippen molar-refractivity contribution in [2.75, 3.05) is 26.2 Å². The molecule has 2 aromatic heterocycles. The fourth-order valence-corrected chi connectivity index (χ4v) is 6.03. The molecule has 5 rings (SSSR count). The van der Waals surface area contributed by atoms with E-state index in [1.165, 1.54) is 11.0 Å². The predicted octanol–water partition coefficient (Wildman–Crippen LogP) is 7.44. The molecule has 1 aromatic carbocycles. The largest absolute Gasteiger partial charge is 0.489 e. The molecule has 13 heteroatoms. The summed E-state index contributed by atoms with van der Waals surface area (Å²) >= 11 is 0. The third-order valence-electron chi connectivity index (χ3n) is 8.17. The smallest absolute Gasteiger partial charge is 0.434 e. The minimum absolute atomic E-state index is 0.142. The molecule has 0 radical (unpaired) electrons. The van der Waals surface area contributed by atoms with E-state index in [0.717, 1.165) is 41.5 Å². The number of carbonyl (C=O) groups is 1. The number of benzene rings is 1. The Labute approximate surface area is 250 Å². The molecule has 0 unspecified atom stereocenters. The van der Waals surface area contributed by atoms with Crippen LogP contribution in [0.25, 0.3) is 11.4 Å². The zero-order chi connectivity index (χ0) is 31.6. The van der Waals surface area contributed by atoms with Crippen molar-refractivity contribution < 1.29 is 41.0 Å². The number of nitrogens with zero attached hydrogens (tertiary/aromatic N) is 4. The number of hydrogen-bond donors (Lipinski definition) is 1. The summed E-state index contributed by atoms with van der Waals surface area (Å²) in [7, 11) is 0. The van der Waals surface area contributed by atoms with Crippen LogP contribution < -0.4 is 4.74 Å². The Morgan fingerprint density at radius 2 is 1.77 bits per heavy atom. The van der Waals surface area contributed by atoms with Gasteiger partial charge in [0.25, 0.3) is 0 Å². The minimum Gasteiger partial charge on any atom is -0.489 e. The summed E-state index contributed by atoms with van der Waals surface area (Å²) in [5.41, 5.74) is 1.95. The Bertz CT molecular complexity index is 1540. The Morgan fingerprint density at radius 3 is 2.43 bits per heavy atom. The van der Waals surface area contributed by atoms with Crippen LogP contribution in [0.3, 0.4) is 0 Å². The van der Waals surface area contributed by atoms with Crippen molar-refractivity contribution in [2.45, 2.75) is 63.7 Å². The van der Waals surface area contributed by atoms with Gasteiger partial charge in [0.15, 0.2) is 11.5 Å². The molecule has 1 aliphatic carbocycles. The molecule has 3 aromatic rings. The van der Waals surface area contributed by atoms with E-state index in [2.05, 4.69) is 10.1 Å². The average Bonchev–Trinajstić information content (AvgIpc) is 3.43. The Hall–Kier alpha value is -3.87. The lowest BCUT2D eigenvalue weighted by molar-refractivity contribution is -0.148. The van der Waals surface area contributed by atoms with Crippen LogP contribution >= 0.6 is 0 Å². The Morgan fingerprint density at radius 1 is 1.05 bits per heavy atom. The highest BCUT2D eigenvalue weighted by Crippen LogP contribution is 2.36. The highest BCUT2D eigenvalue weighted by atomic mass is 19.4. The van der Waals surface area contributed by atoms with E-state index in [4.69, 9.17) is 4.74 Å². The van der Waals surface area contributed by atoms with Gasteiger partial charge in [-0.05, 0) is 105 Å². The molecule has 44 heavy (non-hydrogen) atoms. The maximum atomic E-state index is 13.8.